The molecule has 0 fully saturated rings. The van der Waals surface area contributed by atoms with E-state index in [1.54, 1.807) is 0 Å². The fourth-order valence-corrected chi connectivity index (χ4v) is 0.423. The minimum absolute atomic E-state index is 0.182. The van der Waals surface area contributed by atoms with E-state index in [4.69, 9.17) is 16.3 Å². The van der Waals surface area contributed by atoms with Crippen LogP contribution in [-0.2, 0) is 24.2 Å². The van der Waals surface area contributed by atoms with Crippen molar-refractivity contribution in [1.82, 2.24) is 0 Å². The van der Waals surface area contributed by atoms with Crippen molar-refractivity contribution in [3.8, 4) is 12.3 Å². The van der Waals surface area contributed by atoms with Crippen LogP contribution < -0.4 is 0 Å². The standard InChI is InChI=1S/C4H6O3S.CHO2/c1-3-4-7-8(2,5)6;2-1-3/h1H,4H2,2H3;1H. The van der Waals surface area contributed by atoms with Gasteiger partial charge in [-0.15, -0.1) is 6.42 Å². The molecule has 0 N–H and O–H groups in total. The highest BCUT2D eigenvalue weighted by molar-refractivity contribution is 7.85. The highest BCUT2D eigenvalue weighted by atomic mass is 32.2. The average molecular weight is 179 g/mol. The Bertz CT molecular complexity index is 222. The van der Waals surface area contributed by atoms with Gasteiger partial charge in [-0.2, -0.15) is 8.42 Å². The smallest absolute Gasteiger partial charge is 0.257 e. The molecule has 0 heterocycles. The summed E-state index contributed by atoms with van der Waals surface area (Å²) in [7, 11) is -3.33. The van der Waals surface area contributed by atoms with Gasteiger partial charge in [0.1, 0.15) is 6.61 Å². The molecule has 6 heteroatoms. The van der Waals surface area contributed by atoms with Crippen molar-refractivity contribution < 1.29 is 22.5 Å². The summed E-state index contributed by atoms with van der Waals surface area (Å²) < 4.78 is 24.3. The summed E-state index contributed by atoms with van der Waals surface area (Å²) in [4.78, 5) is 8.25. The average Bonchev–Trinajstić information content (AvgIpc) is 1.84. The number of hydrogen-bond acceptors (Lipinski definition) is 4. The van der Waals surface area contributed by atoms with Gasteiger partial charge in [-0.05, 0) is 0 Å². The Morgan fingerprint density at radius 2 is 2.00 bits per heavy atom. The molecule has 0 amide bonds. The summed E-state index contributed by atoms with van der Waals surface area (Å²) in [5.41, 5.74) is 0. The molecule has 63 valence electrons. The summed E-state index contributed by atoms with van der Waals surface area (Å²) in [6.45, 7) is -0.682. The molecule has 0 aromatic heterocycles. The monoisotopic (exact) mass is 179 g/mol. The first-order valence-corrected chi connectivity index (χ1v) is 4.13. The van der Waals surface area contributed by atoms with Gasteiger partial charge in [0.05, 0.1) is 6.26 Å². The van der Waals surface area contributed by atoms with Crippen LogP contribution in [-0.4, -0.2) is 27.8 Å². The zero-order valence-corrected chi connectivity index (χ0v) is 6.63. The lowest BCUT2D eigenvalue weighted by Crippen LogP contribution is -2.01. The van der Waals surface area contributed by atoms with Gasteiger partial charge >= 0.3 is 6.47 Å². The minimum atomic E-state index is -3.33. The molecule has 0 aliphatic heterocycles. The third kappa shape index (κ3) is 27.7. The van der Waals surface area contributed by atoms with E-state index in [0.717, 1.165) is 6.26 Å². The maximum absolute atomic E-state index is 10.1. The topological polar surface area (TPSA) is 80.3 Å². The van der Waals surface area contributed by atoms with E-state index in [1.807, 2.05) is 5.92 Å². The highest BCUT2D eigenvalue weighted by Crippen LogP contribution is 1.82. The van der Waals surface area contributed by atoms with Crippen molar-refractivity contribution in [2.45, 2.75) is 0 Å². The number of carbonyl (C=O) groups excluding carboxylic acids is 1. The maximum Gasteiger partial charge on any atom is 0.344 e. The van der Waals surface area contributed by atoms with Crippen molar-refractivity contribution in [3.63, 3.8) is 0 Å². The number of rotatable bonds is 2. The Morgan fingerprint density at radius 1 is 1.64 bits per heavy atom. The fraction of sp³-hybridized carbons (Fsp3) is 0.400. The number of carbonyl (C=O) groups is 1. The largest absolute Gasteiger partial charge is 0.344 e. The van der Waals surface area contributed by atoms with E-state index >= 15 is 0 Å². The summed E-state index contributed by atoms with van der Waals surface area (Å²) in [5, 5.41) is 8.25. The predicted molar refractivity (Wildman–Crippen MR) is 36.4 cm³/mol. The first-order chi connectivity index (χ1) is 4.97. The quantitative estimate of drug-likeness (QED) is 0.315. The summed E-state index contributed by atoms with van der Waals surface area (Å²) >= 11 is 0. The Hall–Kier alpha value is -1.06. The van der Waals surface area contributed by atoms with Crippen LogP contribution in [0.5, 0.6) is 0 Å². The van der Waals surface area contributed by atoms with Crippen LogP contribution in [0, 0.1) is 12.3 Å². The zero-order valence-electron chi connectivity index (χ0n) is 5.81. The third-order valence-corrected chi connectivity index (χ3v) is 0.902. The van der Waals surface area contributed by atoms with Crippen molar-refractivity contribution in [2.24, 2.45) is 0 Å². The summed E-state index contributed by atoms with van der Waals surface area (Å²) in [5.74, 6) is 2.02. The Morgan fingerprint density at radius 3 is 2.09 bits per heavy atom. The maximum atomic E-state index is 10.1. The molecule has 0 spiro atoms. The van der Waals surface area contributed by atoms with Crippen molar-refractivity contribution in [2.75, 3.05) is 12.9 Å². The van der Waals surface area contributed by atoms with Gasteiger partial charge in [0.2, 0.25) is 0 Å². The molecule has 5 nitrogen and oxygen atoms in total. The minimum Gasteiger partial charge on any atom is -0.257 e. The molecule has 0 aromatic carbocycles. The zero-order chi connectivity index (χ0) is 9.33. The molecule has 0 unspecified atom stereocenters. The second kappa shape index (κ2) is 7.05. The second-order valence-corrected chi connectivity index (χ2v) is 2.91. The highest BCUT2D eigenvalue weighted by Gasteiger charge is 1.96. The lowest BCUT2D eigenvalue weighted by Gasteiger charge is -1.90. The first-order valence-electron chi connectivity index (χ1n) is 2.31. The van der Waals surface area contributed by atoms with Crippen LogP contribution in [0.2, 0.25) is 0 Å². The van der Waals surface area contributed by atoms with E-state index < -0.39 is 16.6 Å². The molecule has 0 saturated carbocycles. The van der Waals surface area contributed by atoms with Crippen molar-refractivity contribution >= 4 is 16.6 Å². The molecule has 0 aromatic rings. The molecular weight excluding hydrogens is 172 g/mol. The number of hydrogen-bond donors (Lipinski definition) is 0. The lowest BCUT2D eigenvalue weighted by molar-refractivity contribution is -0.128. The van der Waals surface area contributed by atoms with Crippen molar-refractivity contribution in [3.05, 3.63) is 0 Å². The Kier molecular flexibility index (Phi) is 8.08. The molecule has 0 rings (SSSR count). The van der Waals surface area contributed by atoms with Gasteiger partial charge in [0.15, 0.2) is 0 Å². The molecule has 0 bridgehead atoms. The predicted octanol–water partition coefficient (Wildman–Crippen LogP) is -0.831. The van der Waals surface area contributed by atoms with Crippen LogP contribution in [0.15, 0.2) is 0 Å². The summed E-state index contributed by atoms with van der Waals surface area (Å²) in [6, 6.07) is 0. The summed E-state index contributed by atoms with van der Waals surface area (Å²) in [6.07, 6.45) is 5.64. The normalized spacial score (nSPS) is 8.73. The number of terminal acetylenes is 1. The molecule has 0 saturated heterocycles. The van der Waals surface area contributed by atoms with Crippen LogP contribution in [0.4, 0.5) is 0 Å². The lowest BCUT2D eigenvalue weighted by atomic mass is 10.8. The van der Waals surface area contributed by atoms with Gasteiger partial charge in [0.25, 0.3) is 10.1 Å². The molecule has 1 radical (unpaired) electrons. The van der Waals surface area contributed by atoms with Crippen LogP contribution in [0.1, 0.15) is 0 Å². The van der Waals surface area contributed by atoms with Gasteiger partial charge in [0, 0.05) is 0 Å². The van der Waals surface area contributed by atoms with E-state index in [2.05, 4.69) is 4.18 Å². The van der Waals surface area contributed by atoms with E-state index in [9.17, 15) is 8.42 Å². The Balaban J connectivity index is 0. The Labute approximate surface area is 65.1 Å². The van der Waals surface area contributed by atoms with Gasteiger partial charge in [-0.1, -0.05) is 5.92 Å². The third-order valence-electron chi connectivity index (χ3n) is 0.356. The van der Waals surface area contributed by atoms with E-state index in [-0.39, 0.29) is 6.61 Å². The fourth-order valence-electron chi connectivity index (χ4n) is 0.141. The van der Waals surface area contributed by atoms with E-state index in [0.29, 0.717) is 0 Å². The van der Waals surface area contributed by atoms with Crippen LogP contribution >= 0.6 is 0 Å². The molecule has 0 atom stereocenters. The SMILES string of the molecule is C#CCOS(C)(=O)=O.[O]C=O. The van der Waals surface area contributed by atoms with Gasteiger partial charge in [-0.3, -0.25) is 14.1 Å². The van der Waals surface area contributed by atoms with Crippen LogP contribution in [0.25, 0.3) is 0 Å². The van der Waals surface area contributed by atoms with Gasteiger partial charge < -0.3 is 0 Å². The molecule has 0 aliphatic rings. The van der Waals surface area contributed by atoms with E-state index in [1.165, 1.54) is 0 Å². The first kappa shape index (κ1) is 12.6. The second-order valence-electron chi connectivity index (χ2n) is 1.27. The van der Waals surface area contributed by atoms with Crippen LogP contribution in [0.3, 0.4) is 0 Å². The molecule has 0 aliphatic carbocycles. The van der Waals surface area contributed by atoms with Gasteiger partial charge in [-0.25, -0.2) is 0 Å². The van der Waals surface area contributed by atoms with Crippen molar-refractivity contribution in [1.29, 1.82) is 0 Å². The molecular formula is C5H7O5S. The molecule has 11 heavy (non-hydrogen) atoms.